The van der Waals surface area contributed by atoms with Crippen molar-refractivity contribution in [2.24, 2.45) is 0 Å². The molecule has 2 aromatic carbocycles. The van der Waals surface area contributed by atoms with Crippen molar-refractivity contribution in [1.82, 2.24) is 0 Å². The number of amides is 1. The molecule has 0 saturated heterocycles. The standard InChI is InChI=1S/C21H23NO4/c1-3-13-25-19-10-8-16(15-20(19)24-2)9-11-21(23)22-12-14-26-18-7-5-4-6-17(18)22/h4-11,15H,3,12-14H2,1-2H3/b11-9+. The Morgan fingerprint density at radius 1 is 1.23 bits per heavy atom. The average molecular weight is 353 g/mol. The van der Waals surface area contributed by atoms with Crippen molar-refractivity contribution in [3.63, 3.8) is 0 Å². The van der Waals surface area contributed by atoms with Gasteiger partial charge in [-0.2, -0.15) is 0 Å². The van der Waals surface area contributed by atoms with Gasteiger partial charge in [0.1, 0.15) is 12.4 Å². The first-order chi connectivity index (χ1) is 12.7. The minimum atomic E-state index is -0.0778. The van der Waals surface area contributed by atoms with E-state index in [0.29, 0.717) is 31.3 Å². The lowest BCUT2D eigenvalue weighted by Crippen LogP contribution is -2.36. The van der Waals surface area contributed by atoms with Crippen molar-refractivity contribution in [3.8, 4) is 17.2 Å². The minimum Gasteiger partial charge on any atom is -0.493 e. The number of nitrogens with zero attached hydrogens (tertiary/aromatic N) is 1. The number of benzene rings is 2. The molecule has 0 saturated carbocycles. The van der Waals surface area contributed by atoms with E-state index in [1.54, 1.807) is 24.2 Å². The van der Waals surface area contributed by atoms with E-state index in [2.05, 4.69) is 6.92 Å². The molecule has 0 radical (unpaired) electrons. The van der Waals surface area contributed by atoms with Crippen LogP contribution in [0.15, 0.2) is 48.5 Å². The summed E-state index contributed by atoms with van der Waals surface area (Å²) in [7, 11) is 1.61. The van der Waals surface area contributed by atoms with Gasteiger partial charge in [0.15, 0.2) is 11.5 Å². The zero-order valence-electron chi connectivity index (χ0n) is 15.1. The van der Waals surface area contributed by atoms with Crippen LogP contribution in [0.2, 0.25) is 0 Å². The molecule has 136 valence electrons. The molecule has 0 spiro atoms. The number of rotatable bonds is 6. The Balaban J connectivity index is 1.75. The van der Waals surface area contributed by atoms with Gasteiger partial charge in [-0.15, -0.1) is 0 Å². The largest absolute Gasteiger partial charge is 0.493 e. The summed E-state index contributed by atoms with van der Waals surface area (Å²) in [5.74, 6) is 2.02. The molecular weight excluding hydrogens is 330 g/mol. The van der Waals surface area contributed by atoms with Crippen LogP contribution in [0.4, 0.5) is 5.69 Å². The summed E-state index contributed by atoms with van der Waals surface area (Å²) >= 11 is 0. The first-order valence-corrected chi connectivity index (χ1v) is 8.75. The molecule has 0 fully saturated rings. The van der Waals surface area contributed by atoms with Crippen molar-refractivity contribution in [1.29, 1.82) is 0 Å². The van der Waals surface area contributed by atoms with E-state index in [-0.39, 0.29) is 5.91 Å². The highest BCUT2D eigenvalue weighted by molar-refractivity contribution is 6.05. The summed E-state index contributed by atoms with van der Waals surface area (Å²) in [6.45, 7) is 3.72. The van der Waals surface area contributed by atoms with Crippen molar-refractivity contribution in [2.75, 3.05) is 31.8 Å². The molecule has 5 nitrogen and oxygen atoms in total. The van der Waals surface area contributed by atoms with Crippen molar-refractivity contribution >= 4 is 17.7 Å². The van der Waals surface area contributed by atoms with Gasteiger partial charge in [-0.1, -0.05) is 25.1 Å². The third-order valence-corrected chi connectivity index (χ3v) is 4.06. The number of methoxy groups -OCH3 is 1. The van der Waals surface area contributed by atoms with Crippen LogP contribution in [0.5, 0.6) is 17.2 Å². The van der Waals surface area contributed by atoms with E-state index in [9.17, 15) is 4.79 Å². The Hall–Kier alpha value is -2.95. The van der Waals surface area contributed by atoms with Crippen LogP contribution < -0.4 is 19.1 Å². The number of carbonyl (C=O) groups is 1. The highest BCUT2D eigenvalue weighted by atomic mass is 16.5. The monoisotopic (exact) mass is 353 g/mol. The maximum Gasteiger partial charge on any atom is 0.251 e. The number of hydrogen-bond donors (Lipinski definition) is 0. The molecule has 1 amide bonds. The Morgan fingerprint density at radius 2 is 2.08 bits per heavy atom. The van der Waals surface area contributed by atoms with Crippen LogP contribution in [0.1, 0.15) is 18.9 Å². The van der Waals surface area contributed by atoms with E-state index in [1.165, 1.54) is 0 Å². The summed E-state index contributed by atoms with van der Waals surface area (Å²) in [6, 6.07) is 13.2. The first-order valence-electron chi connectivity index (χ1n) is 8.75. The quantitative estimate of drug-likeness (QED) is 0.739. The second kappa shape index (κ2) is 8.43. The average Bonchev–Trinajstić information content (AvgIpc) is 2.70. The van der Waals surface area contributed by atoms with Gasteiger partial charge in [0.25, 0.3) is 5.91 Å². The normalized spacial score (nSPS) is 13.2. The lowest BCUT2D eigenvalue weighted by molar-refractivity contribution is -0.114. The number of ether oxygens (including phenoxy) is 3. The van der Waals surface area contributed by atoms with Crippen molar-refractivity contribution in [2.45, 2.75) is 13.3 Å². The van der Waals surface area contributed by atoms with E-state index in [4.69, 9.17) is 14.2 Å². The lowest BCUT2D eigenvalue weighted by Gasteiger charge is -2.28. The van der Waals surface area contributed by atoms with Crippen LogP contribution in [-0.4, -0.2) is 32.8 Å². The molecule has 0 N–H and O–H groups in total. The Labute approximate surface area is 153 Å². The van der Waals surface area contributed by atoms with Crippen LogP contribution in [0, 0.1) is 0 Å². The van der Waals surface area contributed by atoms with Crippen LogP contribution in [-0.2, 0) is 4.79 Å². The summed E-state index contributed by atoms with van der Waals surface area (Å²) < 4.78 is 16.6. The minimum absolute atomic E-state index is 0.0778. The van der Waals surface area contributed by atoms with E-state index in [1.807, 2.05) is 42.5 Å². The number of carbonyl (C=O) groups excluding carboxylic acids is 1. The van der Waals surface area contributed by atoms with Gasteiger partial charge >= 0.3 is 0 Å². The van der Waals surface area contributed by atoms with Crippen molar-refractivity contribution < 1.29 is 19.0 Å². The number of para-hydroxylation sites is 2. The smallest absolute Gasteiger partial charge is 0.251 e. The van der Waals surface area contributed by atoms with E-state index in [0.717, 1.165) is 23.4 Å². The number of hydrogen-bond acceptors (Lipinski definition) is 4. The summed E-state index contributed by atoms with van der Waals surface area (Å²) in [4.78, 5) is 14.4. The van der Waals surface area contributed by atoms with Gasteiger partial charge in [0, 0.05) is 6.08 Å². The topological polar surface area (TPSA) is 48.0 Å². The summed E-state index contributed by atoms with van der Waals surface area (Å²) in [5, 5.41) is 0. The van der Waals surface area contributed by atoms with Crippen LogP contribution >= 0.6 is 0 Å². The zero-order chi connectivity index (χ0) is 18.4. The highest BCUT2D eigenvalue weighted by Gasteiger charge is 2.21. The Morgan fingerprint density at radius 3 is 2.88 bits per heavy atom. The molecule has 0 bridgehead atoms. The molecule has 26 heavy (non-hydrogen) atoms. The maximum absolute atomic E-state index is 12.6. The van der Waals surface area contributed by atoms with Gasteiger partial charge in [-0.05, 0) is 42.3 Å². The van der Waals surface area contributed by atoms with Gasteiger partial charge in [0.2, 0.25) is 0 Å². The fourth-order valence-corrected chi connectivity index (χ4v) is 2.78. The predicted octanol–water partition coefficient (Wildman–Crippen LogP) is 3.92. The third kappa shape index (κ3) is 3.99. The van der Waals surface area contributed by atoms with E-state index >= 15 is 0 Å². The fourth-order valence-electron chi connectivity index (χ4n) is 2.78. The molecule has 1 aliphatic heterocycles. The van der Waals surface area contributed by atoms with Crippen molar-refractivity contribution in [3.05, 3.63) is 54.1 Å². The Bertz CT molecular complexity index is 800. The first kappa shape index (κ1) is 17.9. The molecule has 2 aromatic rings. The second-order valence-electron chi connectivity index (χ2n) is 5.90. The van der Waals surface area contributed by atoms with Crippen LogP contribution in [0.3, 0.4) is 0 Å². The molecule has 5 heteroatoms. The Kier molecular flexibility index (Phi) is 5.79. The summed E-state index contributed by atoms with van der Waals surface area (Å²) in [6.07, 6.45) is 4.29. The predicted molar refractivity (Wildman–Crippen MR) is 102 cm³/mol. The van der Waals surface area contributed by atoms with Gasteiger partial charge < -0.3 is 19.1 Å². The third-order valence-electron chi connectivity index (χ3n) is 4.06. The molecule has 0 aliphatic carbocycles. The lowest BCUT2D eigenvalue weighted by atomic mass is 10.1. The van der Waals surface area contributed by atoms with E-state index < -0.39 is 0 Å². The van der Waals surface area contributed by atoms with Gasteiger partial charge in [0.05, 0.1) is 25.9 Å². The molecule has 0 atom stereocenters. The summed E-state index contributed by atoms with van der Waals surface area (Å²) in [5.41, 5.74) is 1.68. The molecular formula is C21H23NO4. The molecule has 0 aromatic heterocycles. The molecule has 1 aliphatic rings. The second-order valence-corrected chi connectivity index (χ2v) is 5.90. The van der Waals surface area contributed by atoms with Gasteiger partial charge in [-0.3, -0.25) is 4.79 Å². The fraction of sp³-hybridized carbons (Fsp3) is 0.286. The number of fused-ring (bicyclic) bond motifs is 1. The van der Waals surface area contributed by atoms with Gasteiger partial charge in [-0.25, -0.2) is 0 Å². The number of anilines is 1. The SMILES string of the molecule is CCCOc1ccc(/C=C/C(=O)N2CCOc3ccccc32)cc1OC. The highest BCUT2D eigenvalue weighted by Crippen LogP contribution is 2.31. The molecule has 0 unspecified atom stereocenters. The maximum atomic E-state index is 12.6. The molecule has 1 heterocycles. The van der Waals surface area contributed by atoms with Crippen LogP contribution in [0.25, 0.3) is 6.08 Å². The zero-order valence-corrected chi connectivity index (χ0v) is 15.1. The molecule has 3 rings (SSSR count).